The Morgan fingerprint density at radius 1 is 1.42 bits per heavy atom. The van der Waals surface area contributed by atoms with Gasteiger partial charge < -0.3 is 10.1 Å². The molecule has 1 aliphatic heterocycles. The van der Waals surface area contributed by atoms with Crippen LogP contribution in [0, 0.1) is 0 Å². The van der Waals surface area contributed by atoms with Crippen LogP contribution in [0.25, 0.3) is 0 Å². The van der Waals surface area contributed by atoms with Crippen molar-refractivity contribution in [2.45, 2.75) is 19.0 Å². The van der Waals surface area contributed by atoms with E-state index in [1.165, 1.54) is 7.11 Å². The molecule has 1 fully saturated rings. The first kappa shape index (κ1) is 13.5. The Morgan fingerprint density at radius 3 is 2.84 bits per heavy atom. The molecule has 1 aliphatic rings. The highest BCUT2D eigenvalue weighted by Crippen LogP contribution is 2.14. The van der Waals surface area contributed by atoms with Crippen molar-refractivity contribution in [3.63, 3.8) is 0 Å². The van der Waals surface area contributed by atoms with Gasteiger partial charge in [0.15, 0.2) is 0 Å². The van der Waals surface area contributed by atoms with Gasteiger partial charge in [-0.2, -0.15) is 0 Å². The summed E-state index contributed by atoms with van der Waals surface area (Å²) in [6.45, 7) is 2.02. The molecular formula is C14H18N2O3. The Kier molecular flexibility index (Phi) is 4.52. The van der Waals surface area contributed by atoms with Gasteiger partial charge >= 0.3 is 5.97 Å². The monoisotopic (exact) mass is 262 g/mol. The highest BCUT2D eigenvalue weighted by atomic mass is 16.5. The first-order valence-electron chi connectivity index (χ1n) is 6.33. The fourth-order valence-corrected chi connectivity index (χ4v) is 2.23. The fraction of sp³-hybridized carbons (Fsp3) is 0.429. The quantitative estimate of drug-likeness (QED) is 0.805. The lowest BCUT2D eigenvalue weighted by Crippen LogP contribution is -2.55. The van der Waals surface area contributed by atoms with Crippen LogP contribution in [-0.2, 0) is 20.9 Å². The maximum atomic E-state index is 11.9. The second-order valence-electron chi connectivity index (χ2n) is 4.54. The van der Waals surface area contributed by atoms with Crippen molar-refractivity contribution in [2.24, 2.45) is 0 Å². The Balaban J connectivity index is 2.07. The molecule has 0 radical (unpaired) electrons. The molecular weight excluding hydrogens is 244 g/mol. The number of hydrogen-bond acceptors (Lipinski definition) is 4. The van der Waals surface area contributed by atoms with Gasteiger partial charge in [-0.3, -0.25) is 14.5 Å². The minimum absolute atomic E-state index is 0.0924. The lowest BCUT2D eigenvalue weighted by Gasteiger charge is -2.34. The van der Waals surface area contributed by atoms with Crippen LogP contribution >= 0.6 is 0 Å². The molecule has 0 aromatic heterocycles. The molecule has 1 saturated heterocycles. The number of esters is 1. The van der Waals surface area contributed by atoms with Gasteiger partial charge in [-0.05, 0) is 5.56 Å². The van der Waals surface area contributed by atoms with Crippen LogP contribution in [0.15, 0.2) is 30.3 Å². The predicted molar refractivity (Wildman–Crippen MR) is 70.3 cm³/mol. The Bertz CT molecular complexity index is 447. The number of nitrogens with one attached hydrogen (secondary N) is 1. The number of rotatable bonds is 4. The van der Waals surface area contributed by atoms with E-state index in [2.05, 4.69) is 10.1 Å². The van der Waals surface area contributed by atoms with Crippen LogP contribution in [0.5, 0.6) is 0 Å². The molecule has 1 atom stereocenters. The van der Waals surface area contributed by atoms with Crippen molar-refractivity contribution in [1.82, 2.24) is 10.2 Å². The van der Waals surface area contributed by atoms with Crippen LogP contribution in [0.3, 0.4) is 0 Å². The number of amides is 1. The maximum Gasteiger partial charge on any atom is 0.307 e. The largest absolute Gasteiger partial charge is 0.469 e. The highest BCUT2D eigenvalue weighted by molar-refractivity contribution is 5.87. The summed E-state index contributed by atoms with van der Waals surface area (Å²) in [7, 11) is 1.34. The second kappa shape index (κ2) is 6.33. The molecule has 0 spiro atoms. The van der Waals surface area contributed by atoms with Crippen LogP contribution < -0.4 is 5.32 Å². The van der Waals surface area contributed by atoms with E-state index in [0.29, 0.717) is 13.1 Å². The van der Waals surface area contributed by atoms with Gasteiger partial charge in [-0.25, -0.2) is 0 Å². The lowest BCUT2D eigenvalue weighted by molar-refractivity contribution is -0.146. The van der Waals surface area contributed by atoms with E-state index >= 15 is 0 Å². The van der Waals surface area contributed by atoms with Crippen LogP contribution in [0.1, 0.15) is 12.0 Å². The van der Waals surface area contributed by atoms with Gasteiger partial charge in [-0.15, -0.1) is 0 Å². The van der Waals surface area contributed by atoms with E-state index in [1.54, 1.807) is 0 Å². The average molecular weight is 262 g/mol. The summed E-state index contributed by atoms with van der Waals surface area (Å²) in [6, 6.07) is 9.48. The van der Waals surface area contributed by atoms with E-state index in [-0.39, 0.29) is 18.3 Å². The summed E-state index contributed by atoms with van der Waals surface area (Å²) in [5.41, 5.74) is 1.13. The molecule has 1 unspecified atom stereocenters. The number of ether oxygens (including phenoxy) is 1. The summed E-state index contributed by atoms with van der Waals surface area (Å²) >= 11 is 0. The molecule has 0 bridgehead atoms. The van der Waals surface area contributed by atoms with Gasteiger partial charge in [0.25, 0.3) is 0 Å². The van der Waals surface area contributed by atoms with Crippen LogP contribution in [-0.4, -0.2) is 43.0 Å². The summed E-state index contributed by atoms with van der Waals surface area (Å²) in [4.78, 5) is 25.3. The van der Waals surface area contributed by atoms with Gasteiger partial charge in [0.2, 0.25) is 5.91 Å². The van der Waals surface area contributed by atoms with E-state index in [9.17, 15) is 9.59 Å². The number of carbonyl (C=O) groups is 2. The molecule has 1 aromatic rings. The standard InChI is InChI=1S/C14H18N2O3/c1-19-13(17)9-12-14(18)15-7-8-16(12)10-11-5-3-2-4-6-11/h2-6,12H,7-10H2,1H3,(H,15,18). The van der Waals surface area contributed by atoms with Crippen molar-refractivity contribution >= 4 is 11.9 Å². The molecule has 0 saturated carbocycles. The van der Waals surface area contributed by atoms with Crippen LogP contribution in [0.2, 0.25) is 0 Å². The summed E-state index contributed by atoms with van der Waals surface area (Å²) in [6.07, 6.45) is 0.0924. The number of carbonyl (C=O) groups excluding carboxylic acids is 2. The van der Waals surface area contributed by atoms with Crippen LogP contribution in [0.4, 0.5) is 0 Å². The molecule has 1 N–H and O–H groups in total. The predicted octanol–water partition coefficient (Wildman–Crippen LogP) is 0.550. The molecule has 5 nitrogen and oxygen atoms in total. The zero-order valence-corrected chi connectivity index (χ0v) is 11.0. The normalized spacial score (nSPS) is 19.8. The van der Waals surface area contributed by atoms with Gasteiger partial charge in [0.1, 0.15) is 6.04 Å². The Hall–Kier alpha value is -1.88. The third-order valence-electron chi connectivity index (χ3n) is 3.26. The third-order valence-corrected chi connectivity index (χ3v) is 3.26. The van der Waals surface area contributed by atoms with Gasteiger partial charge in [0, 0.05) is 19.6 Å². The number of nitrogens with zero attached hydrogens (tertiary/aromatic N) is 1. The van der Waals surface area contributed by atoms with E-state index in [4.69, 9.17) is 0 Å². The van der Waals surface area contributed by atoms with Crippen molar-refractivity contribution in [3.05, 3.63) is 35.9 Å². The SMILES string of the molecule is COC(=O)CC1C(=O)NCCN1Cc1ccccc1. The van der Waals surface area contributed by atoms with Crippen molar-refractivity contribution < 1.29 is 14.3 Å². The first-order chi connectivity index (χ1) is 9.20. The first-order valence-corrected chi connectivity index (χ1v) is 6.33. The molecule has 1 heterocycles. The highest BCUT2D eigenvalue weighted by Gasteiger charge is 2.31. The summed E-state index contributed by atoms with van der Waals surface area (Å²) < 4.78 is 4.65. The minimum atomic E-state index is -0.443. The van der Waals surface area contributed by atoms with E-state index in [0.717, 1.165) is 12.1 Å². The molecule has 0 aliphatic carbocycles. The van der Waals surface area contributed by atoms with Crippen molar-refractivity contribution in [3.8, 4) is 0 Å². The van der Waals surface area contributed by atoms with Crippen molar-refractivity contribution in [1.29, 1.82) is 0 Å². The topological polar surface area (TPSA) is 58.6 Å². The fourth-order valence-electron chi connectivity index (χ4n) is 2.23. The minimum Gasteiger partial charge on any atom is -0.469 e. The third kappa shape index (κ3) is 3.54. The average Bonchev–Trinajstić information content (AvgIpc) is 2.43. The zero-order valence-electron chi connectivity index (χ0n) is 11.0. The molecule has 1 aromatic carbocycles. The molecule has 5 heteroatoms. The van der Waals surface area contributed by atoms with Gasteiger partial charge in [-0.1, -0.05) is 30.3 Å². The smallest absolute Gasteiger partial charge is 0.307 e. The molecule has 1 amide bonds. The molecule has 19 heavy (non-hydrogen) atoms. The zero-order chi connectivity index (χ0) is 13.7. The van der Waals surface area contributed by atoms with Gasteiger partial charge in [0.05, 0.1) is 13.5 Å². The second-order valence-corrected chi connectivity index (χ2v) is 4.54. The number of hydrogen-bond donors (Lipinski definition) is 1. The number of piperazine rings is 1. The number of methoxy groups -OCH3 is 1. The summed E-state index contributed by atoms with van der Waals surface area (Å²) in [5, 5.41) is 2.79. The number of benzene rings is 1. The maximum absolute atomic E-state index is 11.9. The lowest BCUT2D eigenvalue weighted by atomic mass is 10.1. The van der Waals surface area contributed by atoms with Crippen molar-refractivity contribution in [2.75, 3.05) is 20.2 Å². The molecule has 102 valence electrons. The van der Waals surface area contributed by atoms with E-state index < -0.39 is 6.04 Å². The molecule has 2 rings (SSSR count). The summed E-state index contributed by atoms with van der Waals surface area (Å²) in [5.74, 6) is -0.465. The van der Waals surface area contributed by atoms with E-state index in [1.807, 2.05) is 35.2 Å². The Labute approximate surface area is 112 Å². The Morgan fingerprint density at radius 2 is 2.16 bits per heavy atom.